The molecule has 7 nitrogen and oxygen atoms in total. The fourth-order valence-electron chi connectivity index (χ4n) is 7.18. The SMILES string of the molecule is c1ccc(-c2nc3ccc4oc5c(-c6nc(-c7ccc8ccccc8c7)nc(-c7cccc8oc9ccccc9c78)n6)cccc5c4c3o2)cc1. The van der Waals surface area contributed by atoms with Gasteiger partial charge in [-0.25, -0.2) is 19.9 Å². The molecule has 0 radical (unpaired) electrons. The van der Waals surface area contributed by atoms with Gasteiger partial charge in [0.25, 0.3) is 0 Å². The van der Waals surface area contributed by atoms with Crippen LogP contribution in [0, 0.1) is 0 Å². The maximum atomic E-state index is 6.62. The third-order valence-electron chi connectivity index (χ3n) is 9.56. The maximum Gasteiger partial charge on any atom is 0.227 e. The first kappa shape index (κ1) is 27.8. The summed E-state index contributed by atoms with van der Waals surface area (Å²) in [6.45, 7) is 0. The number of benzene rings is 7. The molecule has 0 unspecified atom stereocenters. The standard InChI is InChI=1S/C44H24N4O3/c1-2-11-26(12-3-1)44-45-33-22-23-36-38(40(33)51-44)30-15-8-17-32(39(30)50-36)43-47-41(28-21-20-25-10-4-5-13-27(25)24-28)46-42(48-43)31-16-9-19-35-37(31)29-14-6-7-18-34(29)49-35/h1-24H. The van der Waals surface area contributed by atoms with Crippen LogP contribution in [0.3, 0.4) is 0 Å². The van der Waals surface area contributed by atoms with Crippen molar-refractivity contribution in [2.75, 3.05) is 0 Å². The van der Waals surface area contributed by atoms with Gasteiger partial charge in [0.2, 0.25) is 5.89 Å². The fraction of sp³-hybridized carbons (Fsp3) is 0. The molecule has 7 aromatic carbocycles. The van der Waals surface area contributed by atoms with Crippen molar-refractivity contribution in [2.24, 2.45) is 0 Å². The molecule has 0 aliphatic rings. The van der Waals surface area contributed by atoms with Gasteiger partial charge >= 0.3 is 0 Å². The van der Waals surface area contributed by atoms with Crippen LogP contribution in [0.2, 0.25) is 0 Å². The Hall–Kier alpha value is -7.12. The molecule has 4 heterocycles. The van der Waals surface area contributed by atoms with Crippen molar-refractivity contribution in [3.63, 3.8) is 0 Å². The van der Waals surface area contributed by atoms with Crippen molar-refractivity contribution >= 4 is 65.7 Å². The van der Waals surface area contributed by atoms with E-state index in [1.807, 2.05) is 109 Å². The van der Waals surface area contributed by atoms with E-state index >= 15 is 0 Å². The summed E-state index contributed by atoms with van der Waals surface area (Å²) in [6, 6.07) is 48.5. The molecule has 0 aliphatic carbocycles. The average Bonchev–Trinajstić information content (AvgIpc) is 3.91. The van der Waals surface area contributed by atoms with E-state index in [-0.39, 0.29) is 0 Å². The lowest BCUT2D eigenvalue weighted by molar-refractivity contribution is 0.622. The molecule has 4 aromatic heterocycles. The molecule has 0 fully saturated rings. The summed E-state index contributed by atoms with van der Waals surface area (Å²) < 4.78 is 19.3. The first-order chi connectivity index (χ1) is 25.2. The Morgan fingerprint density at radius 3 is 2.00 bits per heavy atom. The number of hydrogen-bond donors (Lipinski definition) is 0. The largest absolute Gasteiger partial charge is 0.456 e. The lowest BCUT2D eigenvalue weighted by Gasteiger charge is -2.10. The van der Waals surface area contributed by atoms with E-state index in [4.69, 9.17) is 33.2 Å². The second-order valence-electron chi connectivity index (χ2n) is 12.6. The number of furan rings is 2. The summed E-state index contributed by atoms with van der Waals surface area (Å²) in [7, 11) is 0. The maximum absolute atomic E-state index is 6.62. The van der Waals surface area contributed by atoms with Crippen LogP contribution in [0.4, 0.5) is 0 Å². The normalized spacial score (nSPS) is 11.9. The molecule has 0 saturated heterocycles. The molecule has 11 aromatic rings. The van der Waals surface area contributed by atoms with E-state index in [1.165, 1.54) is 0 Å². The van der Waals surface area contributed by atoms with Crippen LogP contribution in [-0.4, -0.2) is 19.9 Å². The van der Waals surface area contributed by atoms with Gasteiger partial charge < -0.3 is 13.3 Å². The number of hydrogen-bond acceptors (Lipinski definition) is 7. The topological polar surface area (TPSA) is 91.0 Å². The molecule has 7 heteroatoms. The van der Waals surface area contributed by atoms with Gasteiger partial charge in [0.05, 0.1) is 10.9 Å². The highest BCUT2D eigenvalue weighted by atomic mass is 16.4. The van der Waals surface area contributed by atoms with E-state index < -0.39 is 0 Å². The molecule has 0 amide bonds. The van der Waals surface area contributed by atoms with Crippen LogP contribution < -0.4 is 0 Å². The molecule has 11 rings (SSSR count). The minimum absolute atomic E-state index is 0.497. The van der Waals surface area contributed by atoms with Crippen LogP contribution >= 0.6 is 0 Å². The van der Waals surface area contributed by atoms with Gasteiger partial charge in [-0.15, -0.1) is 0 Å². The Morgan fingerprint density at radius 1 is 0.373 bits per heavy atom. The number of para-hydroxylation sites is 2. The van der Waals surface area contributed by atoms with E-state index in [1.54, 1.807) is 0 Å². The third kappa shape index (κ3) is 4.31. The molecule has 0 aliphatic heterocycles. The zero-order chi connectivity index (χ0) is 33.5. The van der Waals surface area contributed by atoms with Crippen molar-refractivity contribution in [1.82, 2.24) is 19.9 Å². The first-order valence-electron chi connectivity index (χ1n) is 16.7. The smallest absolute Gasteiger partial charge is 0.227 e. The summed E-state index contributed by atoms with van der Waals surface area (Å²) in [4.78, 5) is 20.2. The molecular weight excluding hydrogens is 633 g/mol. The zero-order valence-corrected chi connectivity index (χ0v) is 26.9. The van der Waals surface area contributed by atoms with Crippen LogP contribution in [0.5, 0.6) is 0 Å². The van der Waals surface area contributed by atoms with Crippen molar-refractivity contribution < 1.29 is 13.3 Å². The number of aromatic nitrogens is 4. The molecule has 0 saturated carbocycles. The van der Waals surface area contributed by atoms with Crippen molar-refractivity contribution in [2.45, 2.75) is 0 Å². The Balaban J connectivity index is 1.17. The van der Waals surface area contributed by atoms with E-state index in [2.05, 4.69) is 36.4 Å². The van der Waals surface area contributed by atoms with E-state index in [0.29, 0.717) is 40.1 Å². The third-order valence-corrected chi connectivity index (χ3v) is 9.56. The van der Waals surface area contributed by atoms with E-state index in [0.717, 1.165) is 71.3 Å². The lowest BCUT2D eigenvalue weighted by atomic mass is 10.0. The van der Waals surface area contributed by atoms with Crippen LogP contribution in [0.1, 0.15) is 0 Å². The predicted molar refractivity (Wildman–Crippen MR) is 201 cm³/mol. The van der Waals surface area contributed by atoms with Gasteiger partial charge in [-0.05, 0) is 59.3 Å². The van der Waals surface area contributed by atoms with Gasteiger partial charge in [0.15, 0.2) is 23.1 Å². The summed E-state index contributed by atoms with van der Waals surface area (Å²) in [5.41, 5.74) is 7.77. The molecule has 238 valence electrons. The van der Waals surface area contributed by atoms with Gasteiger partial charge in [0.1, 0.15) is 27.8 Å². The second-order valence-corrected chi connectivity index (χ2v) is 12.6. The Bertz CT molecular complexity index is 3160. The van der Waals surface area contributed by atoms with Gasteiger partial charge in [-0.2, -0.15) is 0 Å². The van der Waals surface area contributed by atoms with Crippen molar-refractivity contribution in [3.8, 4) is 45.6 Å². The molecule has 51 heavy (non-hydrogen) atoms. The second kappa shape index (κ2) is 10.7. The monoisotopic (exact) mass is 656 g/mol. The molecule has 0 spiro atoms. The summed E-state index contributed by atoms with van der Waals surface area (Å²) >= 11 is 0. The Morgan fingerprint density at radius 2 is 1.08 bits per heavy atom. The molecular formula is C44H24N4O3. The minimum Gasteiger partial charge on any atom is -0.456 e. The minimum atomic E-state index is 0.497. The Labute approximate surface area is 289 Å². The van der Waals surface area contributed by atoms with Crippen molar-refractivity contribution in [1.29, 1.82) is 0 Å². The van der Waals surface area contributed by atoms with E-state index in [9.17, 15) is 0 Å². The average molecular weight is 657 g/mol. The van der Waals surface area contributed by atoms with Gasteiger partial charge in [0, 0.05) is 32.8 Å². The quantitative estimate of drug-likeness (QED) is 0.186. The lowest BCUT2D eigenvalue weighted by Crippen LogP contribution is -2.00. The molecule has 0 atom stereocenters. The number of fused-ring (bicyclic) bond motifs is 9. The van der Waals surface area contributed by atoms with Crippen LogP contribution in [0.15, 0.2) is 159 Å². The highest BCUT2D eigenvalue weighted by Gasteiger charge is 2.22. The first-order valence-corrected chi connectivity index (χ1v) is 16.7. The highest BCUT2D eigenvalue weighted by molar-refractivity contribution is 6.18. The zero-order valence-electron chi connectivity index (χ0n) is 26.9. The summed E-state index contributed by atoms with van der Waals surface area (Å²) in [5.74, 6) is 2.16. The molecule has 0 N–H and O–H groups in total. The highest BCUT2D eigenvalue weighted by Crippen LogP contribution is 2.41. The van der Waals surface area contributed by atoms with Crippen LogP contribution in [-0.2, 0) is 0 Å². The van der Waals surface area contributed by atoms with Gasteiger partial charge in [-0.1, -0.05) is 97.1 Å². The summed E-state index contributed by atoms with van der Waals surface area (Å²) in [5, 5.41) is 5.96. The van der Waals surface area contributed by atoms with Crippen LogP contribution in [0.25, 0.3) is 111 Å². The predicted octanol–water partition coefficient (Wildman–Crippen LogP) is 11.6. The number of nitrogens with zero attached hydrogens (tertiary/aromatic N) is 4. The van der Waals surface area contributed by atoms with Gasteiger partial charge in [-0.3, -0.25) is 0 Å². The Kier molecular flexibility index (Phi) is 5.83. The summed E-state index contributed by atoms with van der Waals surface area (Å²) in [6.07, 6.45) is 0. The molecule has 0 bridgehead atoms. The fourth-order valence-corrected chi connectivity index (χ4v) is 7.18. The number of rotatable bonds is 4. The van der Waals surface area contributed by atoms with Crippen molar-refractivity contribution in [3.05, 3.63) is 146 Å². The number of oxazole rings is 1.